The number of alkyl halides is 3. The van der Waals surface area contributed by atoms with Crippen molar-refractivity contribution in [1.29, 1.82) is 0 Å². The minimum Gasteiger partial charge on any atom is -0.496 e. The monoisotopic (exact) mass is 644 g/mol. The largest absolute Gasteiger partial charge is 0.496 e. The number of cyclic esters (lactones) is 1. The number of carbonyl (C=O) groups is 3. The van der Waals surface area contributed by atoms with E-state index in [9.17, 15) is 27.6 Å². The molecule has 0 bridgehead atoms. The Kier molecular flexibility index (Phi) is 10.1. The number of nitrogens with one attached hydrogen (secondary N) is 1. The minimum atomic E-state index is -4.53. The van der Waals surface area contributed by atoms with Gasteiger partial charge in [-0.25, -0.2) is 9.59 Å². The van der Waals surface area contributed by atoms with Gasteiger partial charge in [-0.1, -0.05) is 39.3 Å². The predicted octanol–water partition coefficient (Wildman–Crippen LogP) is 7.50. The normalized spacial score (nSPS) is 20.4. The average Bonchev–Trinajstić information content (AvgIpc) is 3.26. The number of rotatable bonds is 9. The highest BCUT2D eigenvalue weighted by Gasteiger charge is 2.42. The quantitative estimate of drug-likeness (QED) is 0.284. The first kappa shape index (κ1) is 34.8. The van der Waals surface area contributed by atoms with Gasteiger partial charge in [-0.05, 0) is 91.5 Å². The molecule has 0 unspecified atom stereocenters. The summed E-state index contributed by atoms with van der Waals surface area (Å²) in [4.78, 5) is 40.4. The fourth-order valence-corrected chi connectivity index (χ4v) is 6.33. The van der Waals surface area contributed by atoms with Crippen LogP contribution in [0.2, 0.25) is 0 Å². The fourth-order valence-electron chi connectivity index (χ4n) is 6.33. The van der Waals surface area contributed by atoms with E-state index in [1.165, 1.54) is 7.11 Å². The minimum absolute atomic E-state index is 0.0868. The lowest BCUT2D eigenvalue weighted by Crippen LogP contribution is -2.45. The summed E-state index contributed by atoms with van der Waals surface area (Å²) in [5.41, 5.74) is 2.75. The number of halogens is 3. The van der Waals surface area contributed by atoms with Crippen LogP contribution in [-0.4, -0.2) is 55.7 Å². The van der Waals surface area contributed by atoms with Gasteiger partial charge in [0.1, 0.15) is 17.9 Å². The highest BCUT2D eigenvalue weighted by molar-refractivity contribution is 5.98. The van der Waals surface area contributed by atoms with Gasteiger partial charge in [0.25, 0.3) is 5.91 Å². The molecule has 1 saturated heterocycles. The van der Waals surface area contributed by atoms with Gasteiger partial charge in [0.05, 0.1) is 25.8 Å². The van der Waals surface area contributed by atoms with Gasteiger partial charge in [0, 0.05) is 17.7 Å². The number of hydrogen-bond donors (Lipinski definition) is 1. The molecule has 1 aliphatic carbocycles. The summed E-state index contributed by atoms with van der Waals surface area (Å²) in [5.74, 6) is -0.634. The Morgan fingerprint density at radius 2 is 1.83 bits per heavy atom. The van der Waals surface area contributed by atoms with E-state index in [0.29, 0.717) is 40.8 Å². The van der Waals surface area contributed by atoms with Gasteiger partial charge in [-0.2, -0.15) is 13.2 Å². The molecular formula is C35H43F3N2O6. The molecule has 46 heavy (non-hydrogen) atoms. The number of hydrogen-bond acceptors (Lipinski definition) is 6. The number of allylic oxidation sites excluding steroid dienone is 1. The Morgan fingerprint density at radius 1 is 1.13 bits per heavy atom. The maximum absolute atomic E-state index is 13.6. The van der Waals surface area contributed by atoms with Crippen LogP contribution in [0.25, 0.3) is 5.57 Å². The van der Waals surface area contributed by atoms with E-state index in [2.05, 4.69) is 19.2 Å². The van der Waals surface area contributed by atoms with Crippen molar-refractivity contribution in [3.05, 3.63) is 69.8 Å². The molecule has 2 aromatic carbocycles. The van der Waals surface area contributed by atoms with Gasteiger partial charge in [0.15, 0.2) is 0 Å². The zero-order chi connectivity index (χ0) is 34.1. The van der Waals surface area contributed by atoms with Crippen molar-refractivity contribution < 1.29 is 41.8 Å². The summed E-state index contributed by atoms with van der Waals surface area (Å²) in [7, 11) is 2.81. The first-order chi connectivity index (χ1) is 21.4. The Morgan fingerprint density at radius 3 is 2.43 bits per heavy atom. The topological polar surface area (TPSA) is 94.2 Å². The molecule has 2 aromatic rings. The third kappa shape index (κ3) is 7.50. The number of ether oxygens (including phenoxy) is 3. The Hall–Kier alpha value is -4.02. The van der Waals surface area contributed by atoms with E-state index in [0.717, 1.165) is 29.7 Å². The van der Waals surface area contributed by atoms with Crippen LogP contribution >= 0.6 is 0 Å². The van der Waals surface area contributed by atoms with Crippen molar-refractivity contribution in [2.24, 2.45) is 11.3 Å². The van der Waals surface area contributed by atoms with Crippen molar-refractivity contribution in [3.8, 4) is 5.75 Å². The summed E-state index contributed by atoms with van der Waals surface area (Å²) in [6, 6.07) is 7.43. The average molecular weight is 645 g/mol. The van der Waals surface area contributed by atoms with Crippen molar-refractivity contribution in [3.63, 3.8) is 0 Å². The molecule has 0 saturated carbocycles. The first-order valence-corrected chi connectivity index (χ1v) is 15.4. The molecule has 250 valence electrons. The maximum atomic E-state index is 13.6. The lowest BCUT2D eigenvalue weighted by atomic mass is 9.72. The number of aryl methyl sites for hydroxylation is 1. The van der Waals surface area contributed by atoms with Crippen LogP contribution in [0.5, 0.6) is 5.75 Å². The third-order valence-electron chi connectivity index (χ3n) is 8.87. The molecule has 11 heteroatoms. The Bertz CT molecular complexity index is 1530. The molecule has 0 radical (unpaired) electrons. The molecule has 1 aliphatic heterocycles. The van der Waals surface area contributed by atoms with Crippen LogP contribution in [0.15, 0.2) is 42.0 Å². The molecule has 4 rings (SSSR count). The van der Waals surface area contributed by atoms with E-state index >= 15 is 0 Å². The lowest BCUT2D eigenvalue weighted by molar-refractivity contribution is -0.144. The van der Waals surface area contributed by atoms with Crippen LogP contribution in [0.4, 0.5) is 18.0 Å². The van der Waals surface area contributed by atoms with Crippen molar-refractivity contribution in [2.45, 2.75) is 85.2 Å². The zero-order valence-corrected chi connectivity index (χ0v) is 27.6. The van der Waals surface area contributed by atoms with Gasteiger partial charge >= 0.3 is 18.2 Å². The molecule has 0 aromatic heterocycles. The van der Waals surface area contributed by atoms with Crippen molar-refractivity contribution >= 4 is 23.5 Å². The Labute approximate surface area is 268 Å². The summed E-state index contributed by atoms with van der Waals surface area (Å²) in [6.45, 7) is 11.5. The number of methoxy groups -OCH3 is 2. The van der Waals surface area contributed by atoms with Gasteiger partial charge in [-0.15, -0.1) is 0 Å². The maximum Gasteiger partial charge on any atom is 0.416 e. The zero-order valence-electron chi connectivity index (χ0n) is 27.6. The van der Waals surface area contributed by atoms with Crippen LogP contribution in [0.1, 0.15) is 92.6 Å². The predicted molar refractivity (Wildman–Crippen MR) is 167 cm³/mol. The van der Waals surface area contributed by atoms with Crippen LogP contribution in [-0.2, 0) is 20.4 Å². The third-order valence-corrected chi connectivity index (χ3v) is 8.87. The molecule has 3 atom stereocenters. The highest BCUT2D eigenvalue weighted by Crippen LogP contribution is 2.46. The highest BCUT2D eigenvalue weighted by atomic mass is 19.4. The SMILES string of the molecule is COC(=O)[C@H](NC(=O)c1ccc(OC)c(C2=C(CN3C(=O)O[C@H](c4cc(C)cc(C(F)(F)F)c4)[C@@H]3C)CC(C)(C)CC2)c1)C(C)C. The second-order valence-corrected chi connectivity index (χ2v) is 13.4. The molecule has 2 aliphatic rings. The second kappa shape index (κ2) is 13.4. The van der Waals surface area contributed by atoms with Crippen LogP contribution in [0, 0.1) is 18.3 Å². The van der Waals surface area contributed by atoms with E-state index in [1.807, 2.05) is 13.8 Å². The van der Waals surface area contributed by atoms with E-state index in [-0.39, 0.29) is 17.9 Å². The summed E-state index contributed by atoms with van der Waals surface area (Å²) in [5, 5.41) is 2.77. The molecule has 2 amide bonds. The van der Waals surface area contributed by atoms with Crippen LogP contribution < -0.4 is 10.1 Å². The van der Waals surface area contributed by atoms with Crippen molar-refractivity contribution in [1.82, 2.24) is 10.2 Å². The number of amides is 2. The van der Waals surface area contributed by atoms with E-state index < -0.39 is 47.9 Å². The number of benzene rings is 2. The van der Waals surface area contributed by atoms with Crippen molar-refractivity contribution in [2.75, 3.05) is 20.8 Å². The summed E-state index contributed by atoms with van der Waals surface area (Å²) in [6.07, 6.45) is -3.88. The van der Waals surface area contributed by atoms with Gasteiger partial charge in [0.2, 0.25) is 0 Å². The lowest BCUT2D eigenvalue weighted by Gasteiger charge is -2.36. The molecule has 1 N–H and O–H groups in total. The van der Waals surface area contributed by atoms with Gasteiger partial charge < -0.3 is 19.5 Å². The number of carbonyl (C=O) groups excluding carboxylic acids is 3. The fraction of sp³-hybridized carbons (Fsp3) is 0.514. The molecule has 0 spiro atoms. The standard InChI is InChI=1S/C35H43F3N2O6/c1-19(2)29(32(42)45-8)39-31(41)22-9-10-28(44-7)27(16-22)26-11-12-34(5,6)17-24(26)18-40-21(4)30(46-33(40)43)23-13-20(3)14-25(15-23)35(36,37)38/h9-10,13-16,19,21,29-30H,11-12,17-18H2,1-8H3,(H,39,41)/t21-,29+,30-/m0/s1. The van der Waals surface area contributed by atoms with Gasteiger partial charge in [-0.3, -0.25) is 9.69 Å². The second-order valence-electron chi connectivity index (χ2n) is 13.4. The molecule has 1 heterocycles. The van der Waals surface area contributed by atoms with Crippen LogP contribution in [0.3, 0.4) is 0 Å². The van der Waals surface area contributed by atoms with E-state index in [4.69, 9.17) is 14.2 Å². The molecule has 8 nitrogen and oxygen atoms in total. The molecular weight excluding hydrogens is 601 g/mol. The Balaban J connectivity index is 1.71. The molecule has 1 fully saturated rings. The summed E-state index contributed by atoms with van der Waals surface area (Å²) >= 11 is 0. The van der Waals surface area contributed by atoms with E-state index in [1.54, 1.807) is 50.1 Å². The number of esters is 1. The first-order valence-electron chi connectivity index (χ1n) is 15.4. The summed E-state index contributed by atoms with van der Waals surface area (Å²) < 4.78 is 57.0. The number of nitrogens with zero attached hydrogens (tertiary/aromatic N) is 1. The smallest absolute Gasteiger partial charge is 0.416 e.